The highest BCUT2D eigenvalue weighted by atomic mass is 16.2. The van der Waals surface area contributed by atoms with E-state index in [1.807, 2.05) is 13.8 Å². The third kappa shape index (κ3) is 4.47. The number of hydrogen-bond acceptors (Lipinski definition) is 3. The molecule has 0 spiro atoms. The molecule has 130 valence electrons. The van der Waals surface area contributed by atoms with Gasteiger partial charge in [-0.25, -0.2) is 4.79 Å². The minimum Gasteiger partial charge on any atom is -0.353 e. The van der Waals surface area contributed by atoms with Crippen molar-refractivity contribution >= 4 is 5.91 Å². The van der Waals surface area contributed by atoms with E-state index in [-0.39, 0.29) is 28.7 Å². The lowest BCUT2D eigenvalue weighted by Crippen LogP contribution is -2.62. The van der Waals surface area contributed by atoms with E-state index in [9.17, 15) is 9.59 Å². The number of nitrogens with one attached hydrogen (secondary N) is 3. The molecule has 23 heavy (non-hydrogen) atoms. The molecular weight excluding hydrogens is 292 g/mol. The Morgan fingerprint density at radius 1 is 1.22 bits per heavy atom. The number of carbonyl (C=O) groups is 1. The fraction of sp³-hybridized carbons (Fsp3) is 0.765. The zero-order chi connectivity index (χ0) is 17.4. The summed E-state index contributed by atoms with van der Waals surface area (Å²) in [6.07, 6.45) is 2.14. The molecule has 1 aliphatic rings. The van der Waals surface area contributed by atoms with E-state index in [1.54, 1.807) is 4.57 Å². The van der Waals surface area contributed by atoms with E-state index in [0.29, 0.717) is 13.0 Å². The first-order chi connectivity index (χ1) is 10.5. The van der Waals surface area contributed by atoms with Gasteiger partial charge in [0.2, 0.25) is 5.91 Å². The van der Waals surface area contributed by atoms with Crippen LogP contribution in [0, 0.1) is 13.8 Å². The minimum absolute atomic E-state index is 0.00493. The number of rotatable bonds is 4. The lowest BCUT2D eigenvalue weighted by atomic mass is 9.79. The van der Waals surface area contributed by atoms with Gasteiger partial charge in [-0.3, -0.25) is 9.36 Å². The van der Waals surface area contributed by atoms with Gasteiger partial charge in [0.1, 0.15) is 0 Å². The molecule has 0 unspecified atom stereocenters. The molecule has 0 saturated carbocycles. The first kappa shape index (κ1) is 17.8. The lowest BCUT2D eigenvalue weighted by Gasteiger charge is -2.46. The zero-order valence-corrected chi connectivity index (χ0v) is 15.2. The van der Waals surface area contributed by atoms with Gasteiger partial charge in [-0.05, 0) is 54.4 Å². The van der Waals surface area contributed by atoms with Crippen LogP contribution in [0.5, 0.6) is 0 Å². The fourth-order valence-corrected chi connectivity index (χ4v) is 3.88. The van der Waals surface area contributed by atoms with Crippen LogP contribution in [0.15, 0.2) is 4.79 Å². The van der Waals surface area contributed by atoms with Gasteiger partial charge in [0.15, 0.2) is 0 Å². The van der Waals surface area contributed by atoms with Gasteiger partial charge in [0.05, 0.1) is 0 Å². The average molecular weight is 322 g/mol. The quantitative estimate of drug-likeness (QED) is 0.788. The monoisotopic (exact) mass is 322 g/mol. The fourth-order valence-electron chi connectivity index (χ4n) is 3.88. The largest absolute Gasteiger partial charge is 0.353 e. The van der Waals surface area contributed by atoms with Crippen molar-refractivity contribution in [2.75, 3.05) is 0 Å². The summed E-state index contributed by atoms with van der Waals surface area (Å²) in [6, 6.07) is 0.166. The van der Waals surface area contributed by atoms with Crippen LogP contribution in [0.1, 0.15) is 58.3 Å². The Morgan fingerprint density at radius 2 is 1.78 bits per heavy atom. The Hall–Kier alpha value is -1.56. The van der Waals surface area contributed by atoms with Crippen molar-refractivity contribution in [2.24, 2.45) is 0 Å². The minimum atomic E-state index is -0.142. The van der Waals surface area contributed by atoms with Gasteiger partial charge in [-0.2, -0.15) is 0 Å². The molecule has 0 bridgehead atoms. The zero-order valence-electron chi connectivity index (χ0n) is 15.2. The number of carbonyl (C=O) groups excluding carboxylic acids is 1. The molecule has 1 saturated heterocycles. The molecule has 2 rings (SSSR count). The number of aryl methyl sites for hydroxylation is 1. The van der Waals surface area contributed by atoms with E-state index in [1.165, 1.54) is 0 Å². The van der Waals surface area contributed by atoms with Gasteiger partial charge in [-0.15, -0.1) is 0 Å². The predicted octanol–water partition coefficient (Wildman–Crippen LogP) is 1.61. The normalized spacial score (nSPS) is 20.4. The number of amides is 1. The lowest BCUT2D eigenvalue weighted by molar-refractivity contribution is -0.122. The highest BCUT2D eigenvalue weighted by molar-refractivity contribution is 5.76. The van der Waals surface area contributed by atoms with Gasteiger partial charge in [0, 0.05) is 41.5 Å². The molecule has 6 heteroatoms. The maximum Gasteiger partial charge on any atom is 0.325 e. The van der Waals surface area contributed by atoms with Crippen LogP contribution in [0.4, 0.5) is 0 Å². The number of piperidine rings is 1. The van der Waals surface area contributed by atoms with Crippen molar-refractivity contribution in [2.45, 2.75) is 84.5 Å². The summed E-state index contributed by atoms with van der Waals surface area (Å²) >= 11 is 0. The Morgan fingerprint density at radius 3 is 2.26 bits per heavy atom. The van der Waals surface area contributed by atoms with Crippen molar-refractivity contribution in [3.63, 3.8) is 0 Å². The first-order valence-electron chi connectivity index (χ1n) is 8.34. The second kappa shape index (κ2) is 6.15. The van der Waals surface area contributed by atoms with Gasteiger partial charge < -0.3 is 15.6 Å². The molecule has 0 aromatic carbocycles. The summed E-state index contributed by atoms with van der Waals surface area (Å²) in [5, 5.41) is 6.75. The molecular formula is C17H30N4O2. The highest BCUT2D eigenvalue weighted by Crippen LogP contribution is 2.28. The SMILES string of the molecule is Cc1[nH]c(=O)n(CCC(=O)NC2CC(C)(C)NC(C)(C)C2)c1C. The molecule has 2 heterocycles. The number of nitrogens with zero attached hydrogens (tertiary/aromatic N) is 1. The molecule has 1 aromatic rings. The maximum absolute atomic E-state index is 12.3. The third-order valence-corrected chi connectivity index (χ3v) is 4.60. The van der Waals surface area contributed by atoms with Crippen molar-refractivity contribution in [1.29, 1.82) is 0 Å². The third-order valence-electron chi connectivity index (χ3n) is 4.60. The molecule has 1 aromatic heterocycles. The maximum atomic E-state index is 12.3. The Bertz CT molecular complexity index is 624. The standard InChI is InChI=1S/C17H30N4O2/c1-11-12(2)21(15(23)18-11)8-7-14(22)19-13-9-16(3,4)20-17(5,6)10-13/h13,20H,7-10H2,1-6H3,(H,18,23)(H,19,22). The van der Waals surface area contributed by atoms with Crippen LogP contribution in [-0.4, -0.2) is 32.6 Å². The number of hydrogen-bond donors (Lipinski definition) is 3. The summed E-state index contributed by atoms with van der Waals surface area (Å²) in [5.74, 6) is 0.00801. The highest BCUT2D eigenvalue weighted by Gasteiger charge is 2.38. The molecule has 1 fully saturated rings. The summed E-state index contributed by atoms with van der Waals surface area (Å²) in [5.41, 5.74) is 1.62. The second-order valence-electron chi connectivity index (χ2n) is 8.11. The number of H-pyrrole nitrogens is 1. The summed E-state index contributed by atoms with van der Waals surface area (Å²) < 4.78 is 1.63. The van der Waals surface area contributed by atoms with Crippen LogP contribution in [0.25, 0.3) is 0 Å². The van der Waals surface area contributed by atoms with Crippen LogP contribution in [0.3, 0.4) is 0 Å². The molecule has 6 nitrogen and oxygen atoms in total. The van der Waals surface area contributed by atoms with E-state index in [4.69, 9.17) is 0 Å². The molecule has 3 N–H and O–H groups in total. The average Bonchev–Trinajstić information content (AvgIpc) is 2.57. The molecule has 0 radical (unpaired) electrons. The number of imidazole rings is 1. The Kier molecular flexibility index (Phi) is 4.76. The summed E-state index contributed by atoms with van der Waals surface area (Å²) in [4.78, 5) is 26.8. The van der Waals surface area contributed by atoms with Gasteiger partial charge >= 0.3 is 5.69 Å². The predicted molar refractivity (Wildman–Crippen MR) is 91.6 cm³/mol. The van der Waals surface area contributed by atoms with E-state index in [2.05, 4.69) is 43.3 Å². The Balaban J connectivity index is 1.93. The van der Waals surface area contributed by atoms with Crippen LogP contribution in [0.2, 0.25) is 0 Å². The number of aromatic amines is 1. The molecule has 0 aliphatic carbocycles. The Labute approximate surface area is 138 Å². The first-order valence-corrected chi connectivity index (χ1v) is 8.34. The van der Waals surface area contributed by atoms with Crippen LogP contribution < -0.4 is 16.3 Å². The summed E-state index contributed by atoms with van der Waals surface area (Å²) in [7, 11) is 0. The van der Waals surface area contributed by atoms with Gasteiger partial charge in [-0.1, -0.05) is 0 Å². The van der Waals surface area contributed by atoms with E-state index < -0.39 is 0 Å². The van der Waals surface area contributed by atoms with Crippen LogP contribution >= 0.6 is 0 Å². The van der Waals surface area contributed by atoms with Crippen molar-refractivity contribution < 1.29 is 4.79 Å². The van der Waals surface area contributed by atoms with Crippen LogP contribution in [-0.2, 0) is 11.3 Å². The molecule has 0 atom stereocenters. The van der Waals surface area contributed by atoms with Crippen molar-refractivity contribution in [3.8, 4) is 0 Å². The van der Waals surface area contributed by atoms with E-state index in [0.717, 1.165) is 24.2 Å². The number of aromatic nitrogens is 2. The van der Waals surface area contributed by atoms with Gasteiger partial charge in [0.25, 0.3) is 0 Å². The summed E-state index contributed by atoms with van der Waals surface area (Å²) in [6.45, 7) is 12.8. The van der Waals surface area contributed by atoms with Crippen molar-refractivity contribution in [1.82, 2.24) is 20.2 Å². The molecule has 1 amide bonds. The smallest absolute Gasteiger partial charge is 0.325 e. The molecule has 1 aliphatic heterocycles. The second-order valence-corrected chi connectivity index (χ2v) is 8.11. The van der Waals surface area contributed by atoms with Crippen molar-refractivity contribution in [3.05, 3.63) is 21.9 Å². The van der Waals surface area contributed by atoms with E-state index >= 15 is 0 Å². The topological polar surface area (TPSA) is 78.9 Å².